The van der Waals surface area contributed by atoms with E-state index in [1.54, 1.807) is 0 Å². The highest BCUT2D eigenvalue weighted by Gasteiger charge is 2.17. The minimum absolute atomic E-state index is 0. The minimum Gasteiger partial charge on any atom is -0.357 e. The van der Waals surface area contributed by atoms with Crippen LogP contribution in [0.25, 0.3) is 0 Å². The number of hydrogen-bond donors (Lipinski definition) is 3. The lowest BCUT2D eigenvalue weighted by Gasteiger charge is -2.33. The molecule has 3 N–H and O–H groups in total. The molecule has 0 bridgehead atoms. The van der Waals surface area contributed by atoms with Crippen molar-refractivity contribution in [2.75, 3.05) is 32.7 Å². The molecule has 0 radical (unpaired) electrons. The standard InChI is InChI=1S/C23H39N5O.HI/c1-4-13-25-22(29)21-12-8-11-20(17-21)18-27-23(24-5-2)26-14-9-16-28-15-7-6-10-19(28)3;/h8,11-12,17,19H,4-7,9-10,13-16,18H2,1-3H3,(H,25,29)(H2,24,26,27);1H. The summed E-state index contributed by atoms with van der Waals surface area (Å²) in [6.07, 6.45) is 6.07. The van der Waals surface area contributed by atoms with Crippen LogP contribution in [0.4, 0.5) is 0 Å². The Morgan fingerprint density at radius 2 is 2.00 bits per heavy atom. The maximum absolute atomic E-state index is 12.1. The Hall–Kier alpha value is -1.35. The summed E-state index contributed by atoms with van der Waals surface area (Å²) in [4.78, 5) is 19.4. The zero-order valence-electron chi connectivity index (χ0n) is 18.9. The third-order valence-electron chi connectivity index (χ3n) is 5.34. The van der Waals surface area contributed by atoms with Crippen molar-refractivity contribution in [3.8, 4) is 0 Å². The Bertz CT molecular complexity index is 652. The van der Waals surface area contributed by atoms with Gasteiger partial charge in [0, 0.05) is 37.8 Å². The predicted octanol–water partition coefficient (Wildman–Crippen LogP) is 3.76. The van der Waals surface area contributed by atoms with Gasteiger partial charge in [-0.3, -0.25) is 4.79 Å². The summed E-state index contributed by atoms with van der Waals surface area (Å²) in [6, 6.07) is 8.43. The summed E-state index contributed by atoms with van der Waals surface area (Å²) in [5.74, 6) is 0.815. The topological polar surface area (TPSA) is 68.8 Å². The van der Waals surface area contributed by atoms with E-state index in [9.17, 15) is 4.79 Å². The minimum atomic E-state index is -0.0188. The van der Waals surface area contributed by atoms with E-state index in [4.69, 9.17) is 4.99 Å². The van der Waals surface area contributed by atoms with Crippen molar-refractivity contribution in [1.82, 2.24) is 20.9 Å². The highest BCUT2D eigenvalue weighted by atomic mass is 127. The molecule has 170 valence electrons. The normalized spacial score (nSPS) is 17.2. The monoisotopic (exact) mass is 529 g/mol. The van der Waals surface area contributed by atoms with E-state index in [0.29, 0.717) is 24.7 Å². The zero-order chi connectivity index (χ0) is 20.9. The Balaban J connectivity index is 0.00000450. The summed E-state index contributed by atoms with van der Waals surface area (Å²) >= 11 is 0. The zero-order valence-corrected chi connectivity index (χ0v) is 21.2. The van der Waals surface area contributed by atoms with Gasteiger partial charge in [-0.2, -0.15) is 0 Å². The SMILES string of the molecule is CCCNC(=O)c1cccc(CN=C(NCC)NCCCN2CCCCC2C)c1.I. The Kier molecular flexibility index (Phi) is 13.7. The maximum Gasteiger partial charge on any atom is 0.251 e. The fraction of sp³-hybridized carbons (Fsp3) is 0.652. The molecule has 0 spiro atoms. The molecular weight excluding hydrogens is 489 g/mol. The van der Waals surface area contributed by atoms with Crippen LogP contribution >= 0.6 is 24.0 Å². The lowest BCUT2D eigenvalue weighted by Crippen LogP contribution is -2.41. The number of carbonyl (C=O) groups excluding carboxylic acids is 1. The lowest BCUT2D eigenvalue weighted by molar-refractivity contribution is 0.0953. The first-order valence-electron chi connectivity index (χ1n) is 11.3. The van der Waals surface area contributed by atoms with E-state index in [1.807, 2.05) is 31.2 Å². The Morgan fingerprint density at radius 3 is 2.73 bits per heavy atom. The molecule has 1 amide bonds. The van der Waals surface area contributed by atoms with Crippen LogP contribution in [0.3, 0.4) is 0 Å². The number of hydrogen-bond acceptors (Lipinski definition) is 3. The average molecular weight is 530 g/mol. The molecule has 1 unspecified atom stereocenters. The number of piperidine rings is 1. The third kappa shape index (κ3) is 9.64. The van der Waals surface area contributed by atoms with E-state index < -0.39 is 0 Å². The smallest absolute Gasteiger partial charge is 0.251 e. The third-order valence-corrected chi connectivity index (χ3v) is 5.34. The molecular formula is C23H40IN5O. The van der Waals surface area contributed by atoms with Crippen LogP contribution in [-0.2, 0) is 6.54 Å². The number of rotatable bonds is 10. The molecule has 1 aliphatic rings. The summed E-state index contributed by atoms with van der Waals surface area (Å²) < 4.78 is 0. The van der Waals surface area contributed by atoms with Crippen LogP contribution in [0.2, 0.25) is 0 Å². The van der Waals surface area contributed by atoms with Crippen molar-refractivity contribution in [2.24, 2.45) is 4.99 Å². The van der Waals surface area contributed by atoms with Crippen molar-refractivity contribution in [3.63, 3.8) is 0 Å². The second-order valence-corrected chi connectivity index (χ2v) is 7.81. The largest absolute Gasteiger partial charge is 0.357 e. The first-order valence-corrected chi connectivity index (χ1v) is 11.3. The number of benzene rings is 1. The van der Waals surface area contributed by atoms with Crippen molar-refractivity contribution < 1.29 is 4.79 Å². The van der Waals surface area contributed by atoms with Gasteiger partial charge >= 0.3 is 0 Å². The Morgan fingerprint density at radius 1 is 1.17 bits per heavy atom. The number of likely N-dealkylation sites (tertiary alicyclic amines) is 1. The molecule has 7 heteroatoms. The number of nitrogens with one attached hydrogen (secondary N) is 3. The highest BCUT2D eigenvalue weighted by molar-refractivity contribution is 14.0. The summed E-state index contributed by atoms with van der Waals surface area (Å²) in [6.45, 7) is 11.8. The molecule has 0 saturated carbocycles. The molecule has 6 nitrogen and oxygen atoms in total. The van der Waals surface area contributed by atoms with Crippen LogP contribution in [0.1, 0.15) is 68.8 Å². The molecule has 0 aliphatic carbocycles. The van der Waals surface area contributed by atoms with Crippen LogP contribution in [0, 0.1) is 0 Å². The molecule has 1 aromatic rings. The lowest BCUT2D eigenvalue weighted by atomic mass is 10.0. The van der Waals surface area contributed by atoms with Crippen LogP contribution in [-0.4, -0.2) is 55.5 Å². The average Bonchev–Trinajstić information content (AvgIpc) is 2.74. The van der Waals surface area contributed by atoms with Crippen LogP contribution in [0.5, 0.6) is 0 Å². The summed E-state index contributed by atoms with van der Waals surface area (Å²) in [5, 5.41) is 9.68. The van der Waals surface area contributed by atoms with Gasteiger partial charge in [-0.05, 0) is 63.8 Å². The molecule has 1 atom stereocenters. The van der Waals surface area contributed by atoms with Crippen LogP contribution in [0.15, 0.2) is 29.3 Å². The van der Waals surface area contributed by atoms with Gasteiger partial charge in [-0.1, -0.05) is 25.5 Å². The molecule has 30 heavy (non-hydrogen) atoms. The van der Waals surface area contributed by atoms with Gasteiger partial charge in [0.1, 0.15) is 0 Å². The summed E-state index contributed by atoms with van der Waals surface area (Å²) in [7, 11) is 0. The maximum atomic E-state index is 12.1. The van der Waals surface area contributed by atoms with Gasteiger partial charge in [0.2, 0.25) is 0 Å². The number of halogens is 1. The van der Waals surface area contributed by atoms with Crippen molar-refractivity contribution in [1.29, 1.82) is 0 Å². The fourth-order valence-electron chi connectivity index (χ4n) is 3.64. The Labute approximate surface area is 199 Å². The molecule has 1 fully saturated rings. The van der Waals surface area contributed by atoms with Gasteiger partial charge < -0.3 is 20.9 Å². The molecule has 0 aromatic heterocycles. The van der Waals surface area contributed by atoms with Gasteiger partial charge in [0.15, 0.2) is 5.96 Å². The number of amides is 1. The number of guanidine groups is 1. The van der Waals surface area contributed by atoms with E-state index in [1.165, 1.54) is 25.8 Å². The second-order valence-electron chi connectivity index (χ2n) is 7.81. The van der Waals surface area contributed by atoms with Gasteiger partial charge in [0.25, 0.3) is 5.91 Å². The predicted molar refractivity (Wildman–Crippen MR) is 137 cm³/mol. The fourth-order valence-corrected chi connectivity index (χ4v) is 3.64. The van der Waals surface area contributed by atoms with Crippen molar-refractivity contribution in [3.05, 3.63) is 35.4 Å². The van der Waals surface area contributed by atoms with Crippen LogP contribution < -0.4 is 16.0 Å². The highest BCUT2D eigenvalue weighted by Crippen LogP contribution is 2.16. The van der Waals surface area contributed by atoms with Crippen molar-refractivity contribution >= 4 is 35.8 Å². The second kappa shape index (κ2) is 15.5. The van der Waals surface area contributed by atoms with E-state index in [-0.39, 0.29) is 29.9 Å². The molecule has 1 saturated heterocycles. The first-order chi connectivity index (χ1) is 14.1. The molecule has 1 aliphatic heterocycles. The van der Waals surface area contributed by atoms with E-state index >= 15 is 0 Å². The van der Waals surface area contributed by atoms with Gasteiger partial charge in [-0.15, -0.1) is 24.0 Å². The quantitative estimate of drug-likeness (QED) is 0.187. The molecule has 1 aromatic carbocycles. The van der Waals surface area contributed by atoms with Crippen molar-refractivity contribution in [2.45, 2.75) is 65.5 Å². The molecule has 1 heterocycles. The van der Waals surface area contributed by atoms with E-state index in [2.05, 4.69) is 34.7 Å². The molecule has 2 rings (SSSR count). The summed E-state index contributed by atoms with van der Waals surface area (Å²) in [5.41, 5.74) is 1.73. The van der Waals surface area contributed by atoms with Gasteiger partial charge in [0.05, 0.1) is 6.54 Å². The van der Waals surface area contributed by atoms with E-state index in [0.717, 1.165) is 44.0 Å². The first kappa shape index (κ1) is 26.7. The number of aliphatic imine (C=N–C) groups is 1. The number of nitrogens with zero attached hydrogens (tertiary/aromatic N) is 2. The van der Waals surface area contributed by atoms with Gasteiger partial charge in [-0.25, -0.2) is 4.99 Å². The number of carbonyl (C=O) groups is 1.